The number of rotatable bonds is 9. The molecule has 0 aliphatic heterocycles. The summed E-state index contributed by atoms with van der Waals surface area (Å²) in [6.07, 6.45) is 3.03. The number of nitrogens with one attached hydrogen (secondary N) is 2. The largest absolute Gasteiger partial charge is 0.381 e. The van der Waals surface area contributed by atoms with Gasteiger partial charge < -0.3 is 15.8 Å². The normalized spacial score (nSPS) is 12.1. The van der Waals surface area contributed by atoms with Crippen LogP contribution in [0.3, 0.4) is 0 Å². The molecule has 0 fully saturated rings. The van der Waals surface area contributed by atoms with Crippen molar-refractivity contribution in [2.45, 2.75) is 39.2 Å². The third-order valence-corrected chi connectivity index (χ3v) is 2.20. The van der Waals surface area contributed by atoms with E-state index in [2.05, 4.69) is 12.2 Å². The van der Waals surface area contributed by atoms with Crippen LogP contribution in [0.25, 0.3) is 0 Å². The first-order chi connectivity index (χ1) is 8.07. The number of ether oxygens (including phenoxy) is 1. The van der Waals surface area contributed by atoms with Gasteiger partial charge >= 0.3 is 6.03 Å². The van der Waals surface area contributed by atoms with Gasteiger partial charge in [0.05, 0.1) is 6.04 Å². The summed E-state index contributed by atoms with van der Waals surface area (Å²) in [5, 5.41) is 5.00. The number of unbranched alkanes of at least 4 members (excludes halogenated alkanes) is 1. The molecule has 0 radical (unpaired) electrons. The van der Waals surface area contributed by atoms with Crippen LogP contribution in [0.2, 0.25) is 0 Å². The van der Waals surface area contributed by atoms with Crippen molar-refractivity contribution in [1.29, 1.82) is 0 Å². The molecule has 0 aromatic heterocycles. The lowest BCUT2D eigenvalue weighted by Gasteiger charge is -2.12. The van der Waals surface area contributed by atoms with Crippen LogP contribution < -0.4 is 16.4 Å². The molecule has 0 saturated heterocycles. The molecule has 4 N–H and O–H groups in total. The number of carbonyl (C=O) groups is 2. The average molecular weight is 245 g/mol. The van der Waals surface area contributed by atoms with Crippen molar-refractivity contribution in [3.63, 3.8) is 0 Å². The highest BCUT2D eigenvalue weighted by molar-refractivity contribution is 5.96. The zero-order valence-corrected chi connectivity index (χ0v) is 10.6. The second kappa shape index (κ2) is 10.0. The molecule has 0 aliphatic carbocycles. The van der Waals surface area contributed by atoms with Crippen LogP contribution in [0.1, 0.15) is 33.1 Å². The van der Waals surface area contributed by atoms with Gasteiger partial charge in [-0.2, -0.15) is 0 Å². The van der Waals surface area contributed by atoms with Crippen molar-refractivity contribution in [3.8, 4) is 0 Å². The predicted octanol–water partition coefficient (Wildman–Crippen LogP) is 0.366. The Morgan fingerprint density at radius 1 is 1.29 bits per heavy atom. The maximum atomic E-state index is 11.3. The SMILES string of the molecule is CCCCOCCCNC(C)C(=O)NC(N)=O. The summed E-state index contributed by atoms with van der Waals surface area (Å²) in [7, 11) is 0. The minimum Gasteiger partial charge on any atom is -0.381 e. The van der Waals surface area contributed by atoms with E-state index in [0.717, 1.165) is 25.9 Å². The van der Waals surface area contributed by atoms with E-state index < -0.39 is 18.0 Å². The summed E-state index contributed by atoms with van der Waals surface area (Å²) in [5.74, 6) is -0.413. The Morgan fingerprint density at radius 2 is 1.94 bits per heavy atom. The molecule has 17 heavy (non-hydrogen) atoms. The van der Waals surface area contributed by atoms with E-state index in [-0.39, 0.29) is 0 Å². The molecule has 0 spiro atoms. The molecular formula is C11H23N3O3. The number of carbonyl (C=O) groups excluding carboxylic acids is 2. The van der Waals surface area contributed by atoms with Gasteiger partial charge in [0.2, 0.25) is 5.91 Å². The molecule has 0 rings (SSSR count). The van der Waals surface area contributed by atoms with E-state index in [1.807, 2.05) is 5.32 Å². The number of urea groups is 1. The monoisotopic (exact) mass is 245 g/mol. The minimum absolute atomic E-state index is 0.413. The fourth-order valence-corrected chi connectivity index (χ4v) is 1.16. The molecule has 1 atom stereocenters. The van der Waals surface area contributed by atoms with E-state index in [0.29, 0.717) is 13.2 Å². The van der Waals surface area contributed by atoms with Gasteiger partial charge in [-0.25, -0.2) is 4.79 Å². The highest BCUT2D eigenvalue weighted by atomic mass is 16.5. The Morgan fingerprint density at radius 3 is 2.53 bits per heavy atom. The number of imide groups is 1. The van der Waals surface area contributed by atoms with Gasteiger partial charge in [-0.15, -0.1) is 0 Å². The third kappa shape index (κ3) is 9.77. The van der Waals surface area contributed by atoms with Crippen LogP contribution in [-0.4, -0.2) is 37.7 Å². The van der Waals surface area contributed by atoms with Gasteiger partial charge in [0.15, 0.2) is 0 Å². The smallest absolute Gasteiger partial charge is 0.318 e. The van der Waals surface area contributed by atoms with Crippen molar-refractivity contribution in [3.05, 3.63) is 0 Å². The molecule has 1 unspecified atom stereocenters. The maximum Gasteiger partial charge on any atom is 0.318 e. The van der Waals surface area contributed by atoms with Gasteiger partial charge in [-0.05, 0) is 26.3 Å². The molecule has 0 heterocycles. The van der Waals surface area contributed by atoms with Crippen molar-refractivity contribution in [2.75, 3.05) is 19.8 Å². The standard InChI is InChI=1S/C11H23N3O3/c1-3-4-7-17-8-5-6-13-9(2)10(15)14-11(12)16/h9,13H,3-8H2,1-2H3,(H3,12,14,15,16). The predicted molar refractivity (Wildman–Crippen MR) is 65.5 cm³/mol. The molecule has 3 amide bonds. The van der Waals surface area contributed by atoms with Crippen molar-refractivity contribution >= 4 is 11.9 Å². The molecule has 0 saturated carbocycles. The number of hydrogen-bond acceptors (Lipinski definition) is 4. The van der Waals surface area contributed by atoms with E-state index >= 15 is 0 Å². The second-order valence-corrected chi connectivity index (χ2v) is 3.85. The molecule has 6 nitrogen and oxygen atoms in total. The van der Waals surface area contributed by atoms with Crippen molar-refractivity contribution < 1.29 is 14.3 Å². The summed E-state index contributed by atoms with van der Waals surface area (Å²) >= 11 is 0. The van der Waals surface area contributed by atoms with Crippen LogP contribution in [0.4, 0.5) is 4.79 Å². The summed E-state index contributed by atoms with van der Waals surface area (Å²) in [5.41, 5.74) is 4.84. The Hall–Kier alpha value is -1.14. The lowest BCUT2D eigenvalue weighted by Crippen LogP contribution is -2.46. The van der Waals surface area contributed by atoms with E-state index in [1.54, 1.807) is 6.92 Å². The number of nitrogens with two attached hydrogens (primary N) is 1. The molecule has 0 bridgehead atoms. The van der Waals surface area contributed by atoms with Crippen LogP contribution in [0.15, 0.2) is 0 Å². The van der Waals surface area contributed by atoms with E-state index in [1.165, 1.54) is 0 Å². The molecule has 0 aromatic rings. The highest BCUT2D eigenvalue weighted by Crippen LogP contribution is 1.90. The summed E-state index contributed by atoms with van der Waals surface area (Å²) in [4.78, 5) is 21.7. The van der Waals surface area contributed by atoms with E-state index in [9.17, 15) is 9.59 Å². The first-order valence-corrected chi connectivity index (χ1v) is 5.99. The van der Waals surface area contributed by atoms with Gasteiger partial charge in [-0.1, -0.05) is 13.3 Å². The Balaban J connectivity index is 3.41. The lowest BCUT2D eigenvalue weighted by molar-refractivity contribution is -0.121. The van der Waals surface area contributed by atoms with Crippen LogP contribution in [0, 0.1) is 0 Å². The molecular weight excluding hydrogens is 222 g/mol. The zero-order valence-electron chi connectivity index (χ0n) is 10.6. The van der Waals surface area contributed by atoms with Gasteiger partial charge in [0.1, 0.15) is 0 Å². The third-order valence-electron chi connectivity index (χ3n) is 2.20. The molecule has 0 aromatic carbocycles. The van der Waals surface area contributed by atoms with Crippen molar-refractivity contribution in [2.24, 2.45) is 5.73 Å². The second-order valence-electron chi connectivity index (χ2n) is 3.85. The van der Waals surface area contributed by atoms with Crippen LogP contribution in [-0.2, 0) is 9.53 Å². The topological polar surface area (TPSA) is 93.4 Å². The average Bonchev–Trinajstić information content (AvgIpc) is 2.26. The fourth-order valence-electron chi connectivity index (χ4n) is 1.16. The molecule has 100 valence electrons. The number of primary amides is 1. The first-order valence-electron chi connectivity index (χ1n) is 5.99. The van der Waals surface area contributed by atoms with Crippen LogP contribution >= 0.6 is 0 Å². The molecule has 0 aliphatic rings. The van der Waals surface area contributed by atoms with Gasteiger partial charge in [0.25, 0.3) is 0 Å². The lowest BCUT2D eigenvalue weighted by atomic mass is 10.3. The Bertz CT molecular complexity index is 234. The Kier molecular flexibility index (Phi) is 9.37. The summed E-state index contributed by atoms with van der Waals surface area (Å²) < 4.78 is 5.37. The maximum absolute atomic E-state index is 11.3. The number of hydrogen-bond donors (Lipinski definition) is 3. The zero-order chi connectivity index (χ0) is 13.1. The highest BCUT2D eigenvalue weighted by Gasteiger charge is 2.12. The fraction of sp³-hybridized carbons (Fsp3) is 0.818. The quantitative estimate of drug-likeness (QED) is 0.511. The van der Waals surface area contributed by atoms with Crippen molar-refractivity contribution in [1.82, 2.24) is 10.6 Å². The van der Waals surface area contributed by atoms with Crippen LogP contribution in [0.5, 0.6) is 0 Å². The van der Waals surface area contributed by atoms with Gasteiger partial charge in [0, 0.05) is 13.2 Å². The van der Waals surface area contributed by atoms with E-state index in [4.69, 9.17) is 10.5 Å². The Labute approximate surface area is 102 Å². The van der Waals surface area contributed by atoms with Gasteiger partial charge in [-0.3, -0.25) is 10.1 Å². The first kappa shape index (κ1) is 15.9. The summed E-state index contributed by atoms with van der Waals surface area (Å²) in [6, 6.07) is -1.26. The summed E-state index contributed by atoms with van der Waals surface area (Å²) in [6.45, 7) is 5.92. The number of amides is 3. The molecule has 6 heteroatoms. The minimum atomic E-state index is -0.827.